The number of amides is 1. The minimum absolute atomic E-state index is 0.376. The van der Waals surface area contributed by atoms with E-state index in [0.717, 1.165) is 38.5 Å². The fraction of sp³-hybridized carbons (Fsp3) is 0.979. The Morgan fingerprint density at radius 3 is 0.906 bits per heavy atom. The maximum Gasteiger partial charge on any atom is 0.249 e. The first-order valence-electron chi connectivity index (χ1n) is 23.9. The molecule has 5 N–H and O–H groups in total. The van der Waals surface area contributed by atoms with Crippen LogP contribution in [-0.2, 0) is 4.79 Å². The van der Waals surface area contributed by atoms with Crippen LogP contribution in [-0.4, -0.2) is 57.3 Å². The van der Waals surface area contributed by atoms with Crippen LogP contribution < -0.4 is 5.32 Å². The van der Waals surface area contributed by atoms with Gasteiger partial charge in [-0.15, -0.1) is 0 Å². The zero-order valence-electron chi connectivity index (χ0n) is 35.8. The summed E-state index contributed by atoms with van der Waals surface area (Å²) in [5.41, 5.74) is 0. The Morgan fingerprint density at radius 1 is 0.396 bits per heavy atom. The third kappa shape index (κ3) is 36.7. The van der Waals surface area contributed by atoms with E-state index < -0.39 is 36.9 Å². The van der Waals surface area contributed by atoms with Gasteiger partial charge in [0.25, 0.3) is 0 Å². The molecule has 0 fully saturated rings. The van der Waals surface area contributed by atoms with Crippen molar-refractivity contribution >= 4 is 5.91 Å². The van der Waals surface area contributed by atoms with Crippen LogP contribution in [0.15, 0.2) is 0 Å². The molecule has 0 heterocycles. The highest BCUT2D eigenvalue weighted by Crippen LogP contribution is 2.18. The van der Waals surface area contributed by atoms with Crippen LogP contribution in [0.5, 0.6) is 0 Å². The molecular formula is C47H95NO5. The largest absolute Gasteiger partial charge is 0.394 e. The van der Waals surface area contributed by atoms with Crippen LogP contribution in [0.3, 0.4) is 0 Å². The normalized spacial score (nSPS) is 14.0. The molecule has 4 unspecified atom stereocenters. The third-order valence-corrected chi connectivity index (χ3v) is 11.6. The molecule has 6 nitrogen and oxygen atoms in total. The molecule has 0 bridgehead atoms. The number of hydrogen-bond donors (Lipinski definition) is 5. The molecule has 0 aliphatic heterocycles. The van der Waals surface area contributed by atoms with Gasteiger partial charge in [-0.3, -0.25) is 4.79 Å². The van der Waals surface area contributed by atoms with E-state index >= 15 is 0 Å². The van der Waals surface area contributed by atoms with E-state index in [1.807, 2.05) is 0 Å². The lowest BCUT2D eigenvalue weighted by Gasteiger charge is -2.27. The van der Waals surface area contributed by atoms with E-state index in [2.05, 4.69) is 19.2 Å². The van der Waals surface area contributed by atoms with Crippen LogP contribution in [0.4, 0.5) is 0 Å². The molecule has 0 aliphatic carbocycles. The Hall–Kier alpha value is -0.690. The van der Waals surface area contributed by atoms with Gasteiger partial charge in [-0.05, 0) is 12.8 Å². The molecule has 4 atom stereocenters. The minimum Gasteiger partial charge on any atom is -0.394 e. The summed E-state index contributed by atoms with van der Waals surface area (Å²) in [5.74, 6) is -0.578. The Labute approximate surface area is 330 Å². The number of aliphatic hydroxyl groups excluding tert-OH is 4. The lowest BCUT2D eigenvalue weighted by molar-refractivity contribution is -0.132. The van der Waals surface area contributed by atoms with E-state index in [1.54, 1.807) is 0 Å². The fourth-order valence-electron chi connectivity index (χ4n) is 7.76. The minimum atomic E-state index is -1.25. The van der Waals surface area contributed by atoms with Gasteiger partial charge in [-0.25, -0.2) is 0 Å². The van der Waals surface area contributed by atoms with Crippen molar-refractivity contribution in [2.24, 2.45) is 0 Å². The van der Waals surface area contributed by atoms with Crippen molar-refractivity contribution in [2.75, 3.05) is 6.61 Å². The van der Waals surface area contributed by atoms with Crippen LogP contribution in [0.1, 0.15) is 264 Å². The molecular weight excluding hydrogens is 659 g/mol. The van der Waals surface area contributed by atoms with E-state index in [0.29, 0.717) is 12.8 Å². The average molecular weight is 754 g/mol. The van der Waals surface area contributed by atoms with Gasteiger partial charge in [-0.2, -0.15) is 0 Å². The van der Waals surface area contributed by atoms with E-state index in [9.17, 15) is 25.2 Å². The summed E-state index contributed by atoms with van der Waals surface area (Å²) in [7, 11) is 0. The van der Waals surface area contributed by atoms with Crippen LogP contribution in [0.2, 0.25) is 0 Å². The molecule has 0 rings (SSSR count). The Balaban J connectivity index is 3.66. The molecule has 1 amide bonds. The molecule has 0 aromatic rings. The Kier molecular flexibility index (Phi) is 41.9. The summed E-state index contributed by atoms with van der Waals surface area (Å²) >= 11 is 0. The van der Waals surface area contributed by atoms with Gasteiger partial charge in [0.05, 0.1) is 18.8 Å². The third-order valence-electron chi connectivity index (χ3n) is 11.6. The van der Waals surface area contributed by atoms with Crippen molar-refractivity contribution in [1.29, 1.82) is 0 Å². The van der Waals surface area contributed by atoms with Gasteiger partial charge in [0.15, 0.2) is 0 Å². The number of nitrogens with one attached hydrogen (secondary N) is 1. The molecule has 318 valence electrons. The summed E-state index contributed by atoms with van der Waals surface area (Å²) in [6, 6.07) is -0.979. The maximum absolute atomic E-state index is 12.5. The first kappa shape index (κ1) is 52.3. The number of aliphatic hydroxyl groups is 4. The van der Waals surface area contributed by atoms with Gasteiger partial charge in [-0.1, -0.05) is 251 Å². The molecule has 0 aromatic carbocycles. The van der Waals surface area contributed by atoms with Crippen molar-refractivity contribution in [3.8, 4) is 0 Å². The lowest BCUT2D eigenvalue weighted by atomic mass is 9.99. The van der Waals surface area contributed by atoms with Crippen LogP contribution in [0, 0.1) is 0 Å². The molecule has 0 saturated heterocycles. The molecule has 6 heteroatoms. The second-order valence-corrected chi connectivity index (χ2v) is 16.8. The van der Waals surface area contributed by atoms with Crippen LogP contribution in [0.25, 0.3) is 0 Å². The second kappa shape index (κ2) is 42.5. The highest BCUT2D eigenvalue weighted by Gasteiger charge is 2.28. The number of hydrogen-bond acceptors (Lipinski definition) is 5. The highest BCUT2D eigenvalue weighted by molar-refractivity contribution is 5.80. The zero-order valence-corrected chi connectivity index (χ0v) is 35.8. The first-order valence-corrected chi connectivity index (χ1v) is 23.9. The number of carbonyl (C=O) groups is 1. The fourth-order valence-corrected chi connectivity index (χ4v) is 7.76. The maximum atomic E-state index is 12.5. The smallest absolute Gasteiger partial charge is 0.249 e. The average Bonchev–Trinajstić information content (AvgIpc) is 3.16. The monoisotopic (exact) mass is 754 g/mol. The molecule has 0 aromatic heterocycles. The first-order chi connectivity index (χ1) is 26.0. The molecule has 0 spiro atoms. The van der Waals surface area contributed by atoms with Crippen molar-refractivity contribution in [2.45, 2.75) is 289 Å². The Morgan fingerprint density at radius 2 is 0.642 bits per heavy atom. The van der Waals surface area contributed by atoms with Crippen molar-refractivity contribution in [3.63, 3.8) is 0 Å². The van der Waals surface area contributed by atoms with E-state index in [-0.39, 0.29) is 0 Å². The standard InChI is InChI=1S/C47H95NO5/c1-3-5-7-9-11-13-15-17-19-21-23-25-27-29-31-33-35-37-39-41-45(51)47(53)48-43(42-49)46(52)44(50)40-38-36-34-32-30-28-26-24-22-20-18-16-14-12-10-8-6-4-2/h43-46,49-52H,3-42H2,1-2H3,(H,48,53). The van der Waals surface area contributed by atoms with Gasteiger partial charge in [0.1, 0.15) is 12.2 Å². The topological polar surface area (TPSA) is 110 Å². The number of carbonyl (C=O) groups excluding carboxylic acids is 1. The zero-order chi connectivity index (χ0) is 38.9. The van der Waals surface area contributed by atoms with E-state index in [1.165, 1.54) is 199 Å². The molecule has 0 saturated carbocycles. The predicted octanol–water partition coefficient (Wildman–Crippen LogP) is 12.8. The van der Waals surface area contributed by atoms with Crippen molar-refractivity contribution < 1.29 is 25.2 Å². The van der Waals surface area contributed by atoms with Gasteiger partial charge < -0.3 is 25.7 Å². The van der Waals surface area contributed by atoms with Gasteiger partial charge >= 0.3 is 0 Å². The Bertz CT molecular complexity index is 721. The summed E-state index contributed by atoms with van der Waals surface area (Å²) < 4.78 is 0. The number of unbranched alkanes of at least 4 members (excludes halogenated alkanes) is 35. The molecule has 0 radical (unpaired) electrons. The molecule has 0 aliphatic rings. The summed E-state index contributed by atoms with van der Waals surface area (Å²) in [6.45, 7) is 4.08. The second-order valence-electron chi connectivity index (χ2n) is 16.8. The van der Waals surface area contributed by atoms with Crippen molar-refractivity contribution in [1.82, 2.24) is 5.32 Å². The number of rotatable bonds is 44. The quantitative estimate of drug-likeness (QED) is 0.0398. The van der Waals surface area contributed by atoms with Crippen LogP contribution >= 0.6 is 0 Å². The summed E-state index contributed by atoms with van der Waals surface area (Å²) in [5, 5.41) is 43.8. The highest BCUT2D eigenvalue weighted by atomic mass is 16.3. The summed E-state index contributed by atoms with van der Waals surface area (Å²) in [4.78, 5) is 12.5. The summed E-state index contributed by atoms with van der Waals surface area (Å²) in [6.07, 6.45) is 45.6. The predicted molar refractivity (Wildman–Crippen MR) is 228 cm³/mol. The molecule has 53 heavy (non-hydrogen) atoms. The lowest BCUT2D eigenvalue weighted by Crippen LogP contribution is -2.53. The van der Waals surface area contributed by atoms with Gasteiger partial charge in [0, 0.05) is 0 Å². The van der Waals surface area contributed by atoms with E-state index in [4.69, 9.17) is 0 Å². The van der Waals surface area contributed by atoms with Gasteiger partial charge in [0.2, 0.25) is 5.91 Å². The SMILES string of the molecule is CCCCCCCCCCCCCCCCCCCCCC(O)C(=O)NC(CO)C(O)C(O)CCCCCCCCCCCCCCCCCCCC. The van der Waals surface area contributed by atoms with Crippen molar-refractivity contribution in [3.05, 3.63) is 0 Å².